The van der Waals surface area contributed by atoms with Crippen molar-refractivity contribution in [3.8, 4) is 5.75 Å². The van der Waals surface area contributed by atoms with Crippen molar-refractivity contribution < 1.29 is 9.53 Å². The summed E-state index contributed by atoms with van der Waals surface area (Å²) in [6.07, 6.45) is 0. The Morgan fingerprint density at radius 2 is 1.93 bits per heavy atom. The molecule has 0 saturated carbocycles. The highest BCUT2D eigenvalue weighted by Gasteiger charge is 2.19. The Balaban J connectivity index is 1.54. The largest absolute Gasteiger partial charge is 0.493 e. The van der Waals surface area contributed by atoms with Crippen LogP contribution in [0.3, 0.4) is 0 Å². The number of ether oxygens (including phenoxy) is 1. The lowest BCUT2D eigenvalue weighted by Gasteiger charge is -2.14. The highest BCUT2D eigenvalue weighted by atomic mass is 35.5. The molecule has 0 aliphatic rings. The van der Waals surface area contributed by atoms with Crippen LogP contribution in [0.1, 0.15) is 29.1 Å². The number of benzene rings is 2. The van der Waals surface area contributed by atoms with Crippen LogP contribution < -0.4 is 10.1 Å². The van der Waals surface area contributed by atoms with E-state index in [2.05, 4.69) is 15.5 Å². The number of para-hydroxylation sites is 1. The van der Waals surface area contributed by atoms with Crippen LogP contribution in [0.15, 0.2) is 53.7 Å². The van der Waals surface area contributed by atoms with Crippen molar-refractivity contribution in [2.75, 3.05) is 12.4 Å². The normalized spacial score (nSPS) is 11.9. The number of nitrogens with zero attached hydrogens (tertiary/aromatic N) is 3. The smallest absolute Gasteiger partial charge is 0.251 e. The second-order valence-electron chi connectivity index (χ2n) is 6.23. The lowest BCUT2D eigenvalue weighted by Crippen LogP contribution is -2.28. The van der Waals surface area contributed by atoms with Gasteiger partial charge in [0.05, 0.1) is 22.7 Å². The van der Waals surface area contributed by atoms with Gasteiger partial charge >= 0.3 is 0 Å². The molecule has 0 saturated heterocycles. The van der Waals surface area contributed by atoms with Crippen LogP contribution in [0.2, 0.25) is 10.0 Å². The maximum Gasteiger partial charge on any atom is 0.251 e. The molecule has 0 radical (unpaired) electrons. The Kier molecular flexibility index (Phi) is 7.41. The van der Waals surface area contributed by atoms with E-state index in [1.54, 1.807) is 23.9 Å². The van der Waals surface area contributed by atoms with E-state index in [9.17, 15) is 4.79 Å². The Bertz CT molecular complexity index is 982. The average Bonchev–Trinajstić information content (AvgIpc) is 3.08. The quantitative estimate of drug-likeness (QED) is 0.394. The minimum Gasteiger partial charge on any atom is -0.493 e. The van der Waals surface area contributed by atoms with Crippen molar-refractivity contribution in [2.45, 2.75) is 18.1 Å². The maximum atomic E-state index is 12.5. The van der Waals surface area contributed by atoms with Crippen LogP contribution in [0.5, 0.6) is 5.75 Å². The van der Waals surface area contributed by atoms with Gasteiger partial charge in [0.15, 0.2) is 11.0 Å². The van der Waals surface area contributed by atoms with Gasteiger partial charge in [-0.2, -0.15) is 0 Å². The summed E-state index contributed by atoms with van der Waals surface area (Å²) in [7, 11) is 1.87. The SMILES string of the molecule is C[C@H](NC(=O)c1ccc(Cl)c(Cl)c1)c1nnc(SCCOc2ccccc2)n1C. The van der Waals surface area contributed by atoms with Gasteiger partial charge in [-0.25, -0.2) is 0 Å². The van der Waals surface area contributed by atoms with Crippen LogP contribution in [-0.4, -0.2) is 33.0 Å². The Morgan fingerprint density at radius 1 is 1.17 bits per heavy atom. The van der Waals surface area contributed by atoms with Gasteiger partial charge < -0.3 is 14.6 Å². The summed E-state index contributed by atoms with van der Waals surface area (Å²) in [5, 5.41) is 12.8. The van der Waals surface area contributed by atoms with E-state index in [0.717, 1.165) is 16.7 Å². The first kappa shape index (κ1) is 21.5. The van der Waals surface area contributed by atoms with Gasteiger partial charge in [0.1, 0.15) is 5.75 Å². The fourth-order valence-electron chi connectivity index (χ4n) is 2.62. The van der Waals surface area contributed by atoms with E-state index in [1.165, 1.54) is 6.07 Å². The third-order valence-electron chi connectivity index (χ3n) is 4.11. The van der Waals surface area contributed by atoms with Gasteiger partial charge in [0.2, 0.25) is 0 Å². The first-order chi connectivity index (χ1) is 14.0. The van der Waals surface area contributed by atoms with Crippen molar-refractivity contribution in [1.82, 2.24) is 20.1 Å². The fourth-order valence-corrected chi connectivity index (χ4v) is 3.65. The zero-order valence-electron chi connectivity index (χ0n) is 15.9. The first-order valence-corrected chi connectivity index (χ1v) is 10.7. The number of hydrogen-bond acceptors (Lipinski definition) is 5. The first-order valence-electron chi connectivity index (χ1n) is 8.91. The molecule has 3 rings (SSSR count). The lowest BCUT2D eigenvalue weighted by atomic mass is 10.2. The number of aromatic nitrogens is 3. The van der Waals surface area contributed by atoms with Crippen LogP contribution in [0, 0.1) is 0 Å². The molecule has 6 nitrogen and oxygen atoms in total. The number of hydrogen-bond donors (Lipinski definition) is 1. The summed E-state index contributed by atoms with van der Waals surface area (Å²) >= 11 is 13.4. The van der Waals surface area contributed by atoms with Crippen LogP contribution in [0.25, 0.3) is 0 Å². The highest BCUT2D eigenvalue weighted by molar-refractivity contribution is 7.99. The molecule has 1 aromatic heterocycles. The van der Waals surface area contributed by atoms with Crippen molar-refractivity contribution in [3.63, 3.8) is 0 Å². The van der Waals surface area contributed by atoms with Crippen molar-refractivity contribution in [1.29, 1.82) is 0 Å². The van der Waals surface area contributed by atoms with Gasteiger partial charge in [0, 0.05) is 18.4 Å². The van der Waals surface area contributed by atoms with Gasteiger partial charge in [-0.3, -0.25) is 4.79 Å². The second-order valence-corrected chi connectivity index (χ2v) is 8.11. The van der Waals surface area contributed by atoms with E-state index in [4.69, 9.17) is 27.9 Å². The molecule has 0 spiro atoms. The molecule has 0 bridgehead atoms. The van der Waals surface area contributed by atoms with Crippen LogP contribution >= 0.6 is 35.0 Å². The molecule has 2 aromatic carbocycles. The Hall–Kier alpha value is -2.22. The van der Waals surface area contributed by atoms with E-state index in [1.807, 2.05) is 48.9 Å². The number of thioether (sulfide) groups is 1. The standard InChI is InChI=1S/C20H20Cl2N4O2S/c1-13(23-19(27)14-8-9-16(21)17(22)12-14)18-24-25-20(26(18)2)29-11-10-28-15-6-4-3-5-7-15/h3-9,12-13H,10-11H2,1-2H3,(H,23,27)/t13-/m0/s1. The molecule has 1 heterocycles. The molecule has 29 heavy (non-hydrogen) atoms. The summed E-state index contributed by atoms with van der Waals surface area (Å²) in [5.74, 6) is 1.96. The molecule has 9 heteroatoms. The molecule has 1 atom stereocenters. The zero-order chi connectivity index (χ0) is 20.8. The number of rotatable bonds is 8. The van der Waals surface area contributed by atoms with Gasteiger partial charge in [-0.15, -0.1) is 10.2 Å². The fraction of sp³-hybridized carbons (Fsp3) is 0.250. The third kappa shape index (κ3) is 5.65. The molecule has 0 aliphatic heterocycles. The molecule has 1 amide bonds. The minimum atomic E-state index is -0.329. The molecule has 152 valence electrons. The predicted octanol–water partition coefficient (Wildman–Crippen LogP) is 4.78. The summed E-state index contributed by atoms with van der Waals surface area (Å²) in [6, 6.07) is 14.1. The van der Waals surface area contributed by atoms with Gasteiger partial charge in [-0.05, 0) is 37.3 Å². The van der Waals surface area contributed by atoms with E-state index < -0.39 is 0 Å². The second kappa shape index (κ2) is 10.0. The van der Waals surface area contributed by atoms with E-state index in [0.29, 0.717) is 28.0 Å². The van der Waals surface area contributed by atoms with Crippen LogP contribution in [0.4, 0.5) is 0 Å². The molecule has 0 fully saturated rings. The van der Waals surface area contributed by atoms with Crippen molar-refractivity contribution in [3.05, 3.63) is 70.0 Å². The predicted molar refractivity (Wildman–Crippen MR) is 116 cm³/mol. The highest BCUT2D eigenvalue weighted by Crippen LogP contribution is 2.23. The number of halogens is 2. The topological polar surface area (TPSA) is 69.0 Å². The monoisotopic (exact) mass is 450 g/mol. The summed E-state index contributed by atoms with van der Waals surface area (Å²) < 4.78 is 7.55. The molecule has 0 aliphatic carbocycles. The zero-order valence-corrected chi connectivity index (χ0v) is 18.3. The Morgan fingerprint density at radius 3 is 2.66 bits per heavy atom. The number of nitrogens with one attached hydrogen (secondary N) is 1. The third-order valence-corrected chi connectivity index (χ3v) is 5.84. The lowest BCUT2D eigenvalue weighted by molar-refractivity contribution is 0.0937. The minimum absolute atomic E-state index is 0.260. The number of carbonyl (C=O) groups is 1. The summed E-state index contributed by atoms with van der Waals surface area (Å²) in [5.41, 5.74) is 0.432. The number of carbonyl (C=O) groups excluding carboxylic acids is 1. The molecular formula is C20H20Cl2N4O2S. The summed E-state index contributed by atoms with van der Waals surface area (Å²) in [6.45, 7) is 2.41. The van der Waals surface area contributed by atoms with Crippen molar-refractivity contribution in [2.24, 2.45) is 7.05 Å². The maximum absolute atomic E-state index is 12.5. The Labute approximate surface area is 183 Å². The molecular weight excluding hydrogens is 431 g/mol. The molecule has 1 N–H and O–H groups in total. The molecule has 3 aromatic rings. The summed E-state index contributed by atoms with van der Waals surface area (Å²) in [4.78, 5) is 12.5. The van der Waals surface area contributed by atoms with Gasteiger partial charge in [-0.1, -0.05) is 53.2 Å². The van der Waals surface area contributed by atoms with E-state index in [-0.39, 0.29) is 11.9 Å². The van der Waals surface area contributed by atoms with E-state index >= 15 is 0 Å². The van der Waals surface area contributed by atoms with Gasteiger partial charge in [0.25, 0.3) is 5.91 Å². The van der Waals surface area contributed by atoms with Crippen LogP contribution in [-0.2, 0) is 7.05 Å². The molecule has 0 unspecified atom stereocenters. The number of amides is 1. The average molecular weight is 451 g/mol. The van der Waals surface area contributed by atoms with Crippen molar-refractivity contribution >= 4 is 40.9 Å².